The summed E-state index contributed by atoms with van der Waals surface area (Å²) in [6, 6.07) is 3.92. The summed E-state index contributed by atoms with van der Waals surface area (Å²) in [5.74, 6) is 0. The van der Waals surface area contributed by atoms with Crippen LogP contribution in [-0.4, -0.2) is 17.3 Å². The molecule has 0 N–H and O–H groups in total. The maximum Gasteiger partial charge on any atom is 0.259 e. The Morgan fingerprint density at radius 3 is 3.18 bits per heavy atom. The third-order valence-electron chi connectivity index (χ3n) is 3.27. The van der Waals surface area contributed by atoms with Crippen molar-refractivity contribution in [1.82, 2.24) is 4.57 Å². The number of hydrogen-bond donors (Lipinski definition) is 0. The maximum absolute atomic E-state index is 12.2. The minimum Gasteiger partial charge on any atom is -0.376 e. The predicted octanol–water partition coefficient (Wildman–Crippen LogP) is 2.63. The molecule has 1 saturated heterocycles. The molecule has 3 heterocycles. The molecule has 17 heavy (non-hydrogen) atoms. The van der Waals surface area contributed by atoms with Crippen LogP contribution in [0.25, 0.3) is 10.1 Å². The van der Waals surface area contributed by atoms with Crippen molar-refractivity contribution in [3.05, 3.63) is 34.1 Å². The molecule has 0 aliphatic carbocycles. The Labute approximate surface area is 104 Å². The smallest absolute Gasteiger partial charge is 0.259 e. The minimum atomic E-state index is 0.109. The highest BCUT2D eigenvalue weighted by atomic mass is 32.1. The van der Waals surface area contributed by atoms with Gasteiger partial charge in [0, 0.05) is 17.5 Å². The Kier molecular flexibility index (Phi) is 2.99. The van der Waals surface area contributed by atoms with Gasteiger partial charge in [-0.1, -0.05) is 0 Å². The maximum atomic E-state index is 12.2. The van der Waals surface area contributed by atoms with Crippen LogP contribution in [0.5, 0.6) is 0 Å². The molecule has 0 aromatic carbocycles. The Hall–Kier alpha value is -1.13. The number of thiophene rings is 1. The number of nitrogens with zero attached hydrogens (tertiary/aromatic N) is 1. The van der Waals surface area contributed by atoms with Gasteiger partial charge in [-0.3, -0.25) is 4.79 Å². The van der Waals surface area contributed by atoms with E-state index in [1.54, 1.807) is 15.9 Å². The van der Waals surface area contributed by atoms with Crippen LogP contribution in [0.2, 0.25) is 0 Å². The van der Waals surface area contributed by atoms with Gasteiger partial charge in [-0.05, 0) is 36.8 Å². The summed E-state index contributed by atoms with van der Waals surface area (Å²) in [6.45, 7) is 1.52. The normalized spacial score (nSPS) is 20.8. The summed E-state index contributed by atoms with van der Waals surface area (Å²) < 4.78 is 8.52. The SMILES string of the molecule is O=c1c2ccsc2ccn1CC1CCCCO1. The second-order valence-corrected chi connectivity index (χ2v) is 5.41. The molecule has 4 heteroatoms. The van der Waals surface area contributed by atoms with E-state index in [0.717, 1.165) is 29.5 Å². The van der Waals surface area contributed by atoms with Crippen molar-refractivity contribution in [1.29, 1.82) is 0 Å². The highest BCUT2D eigenvalue weighted by Crippen LogP contribution is 2.18. The van der Waals surface area contributed by atoms with Gasteiger partial charge in [0.25, 0.3) is 5.56 Å². The van der Waals surface area contributed by atoms with Crippen LogP contribution in [0.15, 0.2) is 28.5 Å². The topological polar surface area (TPSA) is 31.2 Å². The van der Waals surface area contributed by atoms with E-state index in [9.17, 15) is 4.79 Å². The lowest BCUT2D eigenvalue weighted by Crippen LogP contribution is -2.30. The first-order valence-corrected chi connectivity index (χ1v) is 6.91. The summed E-state index contributed by atoms with van der Waals surface area (Å²) in [7, 11) is 0. The van der Waals surface area contributed by atoms with E-state index < -0.39 is 0 Å². The van der Waals surface area contributed by atoms with Crippen LogP contribution in [0, 0.1) is 0 Å². The minimum absolute atomic E-state index is 0.109. The van der Waals surface area contributed by atoms with Crippen LogP contribution in [0.3, 0.4) is 0 Å². The number of pyridine rings is 1. The Morgan fingerprint density at radius 2 is 2.35 bits per heavy atom. The molecule has 2 aromatic rings. The van der Waals surface area contributed by atoms with E-state index in [0.29, 0.717) is 6.54 Å². The standard InChI is InChI=1S/C13H15NO2S/c15-13-11-5-8-17-12(11)4-6-14(13)9-10-3-1-2-7-16-10/h4-6,8,10H,1-3,7,9H2. The number of ether oxygens (including phenoxy) is 1. The number of rotatable bonds is 2. The summed E-state index contributed by atoms with van der Waals surface area (Å²) in [5.41, 5.74) is 0.109. The first kappa shape index (κ1) is 11.0. The highest BCUT2D eigenvalue weighted by molar-refractivity contribution is 7.17. The number of fused-ring (bicyclic) bond motifs is 1. The molecule has 1 aliphatic heterocycles. The van der Waals surface area contributed by atoms with Gasteiger partial charge in [-0.25, -0.2) is 0 Å². The molecule has 0 amide bonds. The van der Waals surface area contributed by atoms with Crippen molar-refractivity contribution < 1.29 is 4.74 Å². The third kappa shape index (κ3) is 2.15. The van der Waals surface area contributed by atoms with Crippen LogP contribution in [-0.2, 0) is 11.3 Å². The van der Waals surface area contributed by atoms with Crippen LogP contribution in [0.1, 0.15) is 19.3 Å². The zero-order valence-electron chi connectivity index (χ0n) is 9.59. The summed E-state index contributed by atoms with van der Waals surface area (Å²) >= 11 is 1.61. The molecule has 0 spiro atoms. The van der Waals surface area contributed by atoms with E-state index in [1.165, 1.54) is 6.42 Å². The molecule has 1 atom stereocenters. The Morgan fingerprint density at radius 1 is 1.41 bits per heavy atom. The second-order valence-electron chi connectivity index (χ2n) is 4.46. The summed E-state index contributed by atoms with van der Waals surface area (Å²) in [6.07, 6.45) is 5.51. The Bertz CT molecular complexity index is 566. The molecular formula is C13H15NO2S. The molecule has 1 aliphatic rings. The van der Waals surface area contributed by atoms with E-state index >= 15 is 0 Å². The molecule has 90 valence electrons. The van der Waals surface area contributed by atoms with E-state index in [1.807, 2.05) is 23.7 Å². The lowest BCUT2D eigenvalue weighted by atomic mass is 10.1. The average molecular weight is 249 g/mol. The van der Waals surface area contributed by atoms with Crippen molar-refractivity contribution in [3.8, 4) is 0 Å². The van der Waals surface area contributed by atoms with Gasteiger partial charge in [0.1, 0.15) is 0 Å². The van der Waals surface area contributed by atoms with Crippen molar-refractivity contribution >= 4 is 21.4 Å². The van der Waals surface area contributed by atoms with Crippen molar-refractivity contribution in [2.45, 2.75) is 31.9 Å². The van der Waals surface area contributed by atoms with Crippen LogP contribution >= 0.6 is 11.3 Å². The lowest BCUT2D eigenvalue weighted by Gasteiger charge is -2.23. The van der Waals surface area contributed by atoms with Crippen LogP contribution < -0.4 is 5.56 Å². The summed E-state index contributed by atoms with van der Waals surface area (Å²) in [5, 5.41) is 2.79. The molecule has 0 radical (unpaired) electrons. The van der Waals surface area contributed by atoms with Gasteiger partial charge in [0.15, 0.2) is 0 Å². The average Bonchev–Trinajstić information content (AvgIpc) is 2.83. The molecule has 0 saturated carbocycles. The quantitative estimate of drug-likeness (QED) is 0.819. The zero-order chi connectivity index (χ0) is 11.7. The summed E-state index contributed by atoms with van der Waals surface area (Å²) in [4.78, 5) is 12.2. The lowest BCUT2D eigenvalue weighted by molar-refractivity contribution is 0.00551. The van der Waals surface area contributed by atoms with Crippen molar-refractivity contribution in [2.24, 2.45) is 0 Å². The first-order chi connectivity index (χ1) is 8.34. The van der Waals surface area contributed by atoms with Gasteiger partial charge in [0.2, 0.25) is 0 Å². The molecule has 0 bridgehead atoms. The fraction of sp³-hybridized carbons (Fsp3) is 0.462. The highest BCUT2D eigenvalue weighted by Gasteiger charge is 2.15. The zero-order valence-corrected chi connectivity index (χ0v) is 10.4. The van der Waals surface area contributed by atoms with E-state index in [2.05, 4.69) is 0 Å². The monoisotopic (exact) mass is 249 g/mol. The number of hydrogen-bond acceptors (Lipinski definition) is 3. The second kappa shape index (κ2) is 4.63. The Balaban J connectivity index is 1.89. The third-order valence-corrected chi connectivity index (χ3v) is 4.15. The fourth-order valence-corrected chi connectivity index (χ4v) is 3.09. The molecule has 2 aromatic heterocycles. The number of aromatic nitrogens is 1. The molecular weight excluding hydrogens is 234 g/mol. The van der Waals surface area contributed by atoms with Crippen LogP contribution in [0.4, 0.5) is 0 Å². The first-order valence-electron chi connectivity index (χ1n) is 6.03. The van der Waals surface area contributed by atoms with Gasteiger partial charge >= 0.3 is 0 Å². The molecule has 3 rings (SSSR count). The molecule has 3 nitrogen and oxygen atoms in total. The molecule has 1 unspecified atom stereocenters. The largest absolute Gasteiger partial charge is 0.376 e. The van der Waals surface area contributed by atoms with Gasteiger partial charge < -0.3 is 9.30 Å². The molecule has 1 fully saturated rings. The van der Waals surface area contributed by atoms with Gasteiger partial charge in [0.05, 0.1) is 18.0 Å². The fourth-order valence-electron chi connectivity index (χ4n) is 2.32. The predicted molar refractivity (Wildman–Crippen MR) is 69.7 cm³/mol. The van der Waals surface area contributed by atoms with Crippen molar-refractivity contribution in [3.63, 3.8) is 0 Å². The van der Waals surface area contributed by atoms with E-state index in [-0.39, 0.29) is 11.7 Å². The van der Waals surface area contributed by atoms with Gasteiger partial charge in [-0.2, -0.15) is 0 Å². The van der Waals surface area contributed by atoms with Gasteiger partial charge in [-0.15, -0.1) is 11.3 Å². The van der Waals surface area contributed by atoms with E-state index in [4.69, 9.17) is 4.74 Å². The van der Waals surface area contributed by atoms with Crippen molar-refractivity contribution in [2.75, 3.05) is 6.61 Å².